The lowest BCUT2D eigenvalue weighted by molar-refractivity contribution is -0.153. The number of sulfonamides is 1. The van der Waals surface area contributed by atoms with Crippen LogP contribution in [0.4, 0.5) is 13.2 Å². The molecule has 142 valence electrons. The normalized spacial score (nSPS) is 13.6. The zero-order valence-corrected chi connectivity index (χ0v) is 14.9. The number of ether oxygens (including phenoxy) is 1. The number of rotatable bonds is 6. The highest BCUT2D eigenvalue weighted by Gasteiger charge is 2.43. The number of nitrogens with one attached hydrogen (secondary N) is 1. The second-order valence-corrected chi connectivity index (χ2v) is 7.39. The van der Waals surface area contributed by atoms with Crippen LogP contribution in [0, 0.1) is 0 Å². The van der Waals surface area contributed by atoms with Crippen molar-refractivity contribution in [3.05, 3.63) is 63.5 Å². The van der Waals surface area contributed by atoms with Gasteiger partial charge in [-0.1, -0.05) is 23.7 Å². The molecule has 2 rings (SSSR count). The van der Waals surface area contributed by atoms with Gasteiger partial charge in [0.1, 0.15) is 12.8 Å². The van der Waals surface area contributed by atoms with Gasteiger partial charge in [-0.05, 0) is 23.8 Å². The average molecular weight is 411 g/mol. The summed E-state index contributed by atoms with van der Waals surface area (Å²) in [5.41, 5.74) is -0.883. The van der Waals surface area contributed by atoms with E-state index < -0.39 is 32.7 Å². The molecule has 1 heterocycles. The highest BCUT2D eigenvalue weighted by molar-refractivity contribution is 7.89. The molecule has 0 radical (unpaired) electrons. The van der Waals surface area contributed by atoms with Crippen molar-refractivity contribution in [2.75, 3.05) is 7.11 Å². The van der Waals surface area contributed by atoms with Crippen molar-refractivity contribution < 1.29 is 26.3 Å². The third-order valence-electron chi connectivity index (χ3n) is 3.34. The van der Waals surface area contributed by atoms with Crippen molar-refractivity contribution in [2.45, 2.75) is 23.8 Å². The Hall–Kier alpha value is -1.88. The minimum Gasteiger partial charge on any atom is -0.364 e. The standard InChI is InChI=1S/C15H14ClF3N2O4S/c1-25-9-21-8-12(6-7-13(21)22)26(23,24)20-14(15(17,18)19)10-2-4-11(16)5-3-10/h2-8,14,20H,9H2,1H3/t14-/m1/s1. The van der Waals surface area contributed by atoms with Crippen LogP contribution < -0.4 is 10.3 Å². The van der Waals surface area contributed by atoms with E-state index in [2.05, 4.69) is 0 Å². The van der Waals surface area contributed by atoms with E-state index in [1.165, 1.54) is 19.2 Å². The summed E-state index contributed by atoms with van der Waals surface area (Å²) in [5, 5.41) is 0.212. The molecule has 0 aliphatic rings. The molecule has 6 nitrogen and oxygen atoms in total. The first-order valence-electron chi connectivity index (χ1n) is 7.08. The fourth-order valence-corrected chi connectivity index (χ4v) is 3.47. The van der Waals surface area contributed by atoms with Crippen LogP contribution >= 0.6 is 11.6 Å². The van der Waals surface area contributed by atoms with E-state index in [9.17, 15) is 26.4 Å². The first-order valence-corrected chi connectivity index (χ1v) is 8.94. The van der Waals surface area contributed by atoms with E-state index >= 15 is 0 Å². The Morgan fingerprint density at radius 1 is 1.19 bits per heavy atom. The summed E-state index contributed by atoms with van der Waals surface area (Å²) in [6.07, 6.45) is -3.98. The van der Waals surface area contributed by atoms with Crippen LogP contribution in [0.25, 0.3) is 0 Å². The second kappa shape index (κ2) is 7.78. The molecule has 0 saturated carbocycles. The molecule has 1 atom stereocenters. The molecule has 26 heavy (non-hydrogen) atoms. The summed E-state index contributed by atoms with van der Waals surface area (Å²) in [6, 6.07) is 3.98. The van der Waals surface area contributed by atoms with E-state index in [4.69, 9.17) is 16.3 Å². The molecule has 0 fully saturated rings. The van der Waals surface area contributed by atoms with Crippen molar-refractivity contribution in [2.24, 2.45) is 0 Å². The van der Waals surface area contributed by atoms with Crippen LogP contribution in [0.5, 0.6) is 0 Å². The van der Waals surface area contributed by atoms with E-state index in [0.29, 0.717) is 0 Å². The van der Waals surface area contributed by atoms with E-state index in [0.717, 1.165) is 35.0 Å². The third-order valence-corrected chi connectivity index (χ3v) is 5.00. The van der Waals surface area contributed by atoms with Crippen LogP contribution in [0.3, 0.4) is 0 Å². The summed E-state index contributed by atoms with van der Waals surface area (Å²) >= 11 is 5.66. The SMILES string of the molecule is COCn1cc(S(=O)(=O)N[C@H](c2ccc(Cl)cc2)C(F)(F)F)ccc1=O. The Morgan fingerprint density at radius 2 is 1.81 bits per heavy atom. The number of alkyl halides is 3. The van der Waals surface area contributed by atoms with Gasteiger partial charge in [0.15, 0.2) is 0 Å². The minimum absolute atomic E-state index is 0.212. The molecule has 0 amide bonds. The molecule has 0 aliphatic carbocycles. The molecule has 0 spiro atoms. The molecule has 11 heteroatoms. The van der Waals surface area contributed by atoms with E-state index in [1.807, 2.05) is 0 Å². The van der Waals surface area contributed by atoms with Gasteiger partial charge in [-0.25, -0.2) is 8.42 Å². The van der Waals surface area contributed by atoms with Gasteiger partial charge in [0.2, 0.25) is 10.0 Å². The largest absolute Gasteiger partial charge is 0.408 e. The first-order chi connectivity index (χ1) is 12.0. The Kier molecular flexibility index (Phi) is 6.12. The lowest BCUT2D eigenvalue weighted by Crippen LogP contribution is -2.38. The monoisotopic (exact) mass is 410 g/mol. The smallest absolute Gasteiger partial charge is 0.364 e. The molecule has 0 saturated heterocycles. The molecule has 0 bridgehead atoms. The third kappa shape index (κ3) is 4.85. The average Bonchev–Trinajstić information content (AvgIpc) is 2.55. The summed E-state index contributed by atoms with van der Waals surface area (Å²) < 4.78 is 72.2. The molecule has 1 aromatic carbocycles. The maximum Gasteiger partial charge on any atom is 0.408 e. The van der Waals surface area contributed by atoms with Crippen molar-refractivity contribution >= 4 is 21.6 Å². The first kappa shape index (κ1) is 20.4. The fraction of sp³-hybridized carbons (Fsp3) is 0.267. The van der Waals surface area contributed by atoms with Gasteiger partial charge in [-0.2, -0.15) is 17.9 Å². The Labute approximate surface area is 152 Å². The van der Waals surface area contributed by atoms with Crippen LogP contribution in [0.2, 0.25) is 5.02 Å². The van der Waals surface area contributed by atoms with Crippen molar-refractivity contribution in [1.29, 1.82) is 0 Å². The number of pyridine rings is 1. The lowest BCUT2D eigenvalue weighted by Gasteiger charge is -2.22. The maximum absolute atomic E-state index is 13.4. The number of hydrogen-bond donors (Lipinski definition) is 1. The van der Waals surface area contributed by atoms with Gasteiger partial charge in [-0.3, -0.25) is 9.36 Å². The predicted molar refractivity (Wildman–Crippen MR) is 88.3 cm³/mol. The number of nitrogens with zero attached hydrogens (tertiary/aromatic N) is 1. The quantitative estimate of drug-likeness (QED) is 0.794. The van der Waals surface area contributed by atoms with Gasteiger partial charge in [-0.15, -0.1) is 0 Å². The molecular formula is C15H14ClF3N2O4S. The Bertz CT molecular complexity index is 927. The topological polar surface area (TPSA) is 77.4 Å². The number of hydrogen-bond acceptors (Lipinski definition) is 4. The zero-order valence-electron chi connectivity index (χ0n) is 13.3. The number of benzene rings is 1. The highest BCUT2D eigenvalue weighted by atomic mass is 35.5. The predicted octanol–water partition coefficient (Wildman–Crippen LogP) is 2.69. The molecule has 2 aromatic rings. The lowest BCUT2D eigenvalue weighted by atomic mass is 10.1. The van der Waals surface area contributed by atoms with Crippen LogP contribution in [-0.4, -0.2) is 26.3 Å². The summed E-state index contributed by atoms with van der Waals surface area (Å²) in [5.74, 6) is 0. The minimum atomic E-state index is -4.89. The van der Waals surface area contributed by atoms with Crippen molar-refractivity contribution in [3.8, 4) is 0 Å². The van der Waals surface area contributed by atoms with Gasteiger partial charge in [0.25, 0.3) is 5.56 Å². The van der Waals surface area contributed by atoms with Gasteiger partial charge < -0.3 is 4.74 Å². The number of aromatic nitrogens is 1. The maximum atomic E-state index is 13.4. The molecule has 0 aliphatic heterocycles. The van der Waals surface area contributed by atoms with Crippen molar-refractivity contribution in [3.63, 3.8) is 0 Å². The molecule has 0 unspecified atom stereocenters. The summed E-state index contributed by atoms with van der Waals surface area (Å²) in [4.78, 5) is 11.1. The van der Waals surface area contributed by atoms with Crippen molar-refractivity contribution in [1.82, 2.24) is 9.29 Å². The van der Waals surface area contributed by atoms with E-state index in [1.54, 1.807) is 4.72 Å². The highest BCUT2D eigenvalue weighted by Crippen LogP contribution is 2.34. The van der Waals surface area contributed by atoms with Crippen LogP contribution in [0.1, 0.15) is 11.6 Å². The zero-order chi connectivity index (χ0) is 19.5. The van der Waals surface area contributed by atoms with Gasteiger partial charge >= 0.3 is 6.18 Å². The second-order valence-electron chi connectivity index (χ2n) is 5.24. The Balaban J connectivity index is 2.42. The number of methoxy groups -OCH3 is 1. The Morgan fingerprint density at radius 3 is 2.35 bits per heavy atom. The van der Waals surface area contributed by atoms with Gasteiger partial charge in [0, 0.05) is 24.4 Å². The van der Waals surface area contributed by atoms with Crippen LogP contribution in [0.15, 0.2) is 52.3 Å². The number of halogens is 4. The fourth-order valence-electron chi connectivity index (χ4n) is 2.11. The summed E-state index contributed by atoms with van der Waals surface area (Å²) in [6.45, 7) is -0.248. The molecule has 1 aromatic heterocycles. The van der Waals surface area contributed by atoms with Gasteiger partial charge in [0.05, 0.1) is 4.90 Å². The molecule has 1 N–H and O–H groups in total. The van der Waals surface area contributed by atoms with Crippen LogP contribution in [-0.2, 0) is 21.5 Å². The summed E-state index contributed by atoms with van der Waals surface area (Å²) in [7, 11) is -3.29. The van der Waals surface area contributed by atoms with E-state index in [-0.39, 0.29) is 17.3 Å². The molecular weight excluding hydrogens is 397 g/mol.